The van der Waals surface area contributed by atoms with E-state index in [2.05, 4.69) is 15.4 Å². The molecule has 1 atom stereocenters. The molecule has 3 aromatic heterocycles. The molecule has 4 heterocycles. The Labute approximate surface area is 197 Å². The smallest absolute Gasteiger partial charge is 0.252 e. The minimum Gasteiger partial charge on any atom is -0.310 e. The number of halogens is 1. The fourth-order valence-electron chi connectivity index (χ4n) is 3.87. The number of sulfonamides is 1. The van der Waals surface area contributed by atoms with E-state index in [-0.39, 0.29) is 22.2 Å². The lowest BCUT2D eigenvalue weighted by Crippen LogP contribution is -2.43. The van der Waals surface area contributed by atoms with Crippen molar-refractivity contribution in [3.8, 4) is 5.13 Å². The molecule has 0 bridgehead atoms. The van der Waals surface area contributed by atoms with E-state index in [0.29, 0.717) is 40.7 Å². The van der Waals surface area contributed by atoms with Crippen LogP contribution < -0.4 is 5.32 Å². The second-order valence-corrected chi connectivity index (χ2v) is 11.9. The molecular formula is C21H20FN5O3S3. The van der Waals surface area contributed by atoms with Crippen LogP contribution in [0.2, 0.25) is 0 Å². The van der Waals surface area contributed by atoms with E-state index >= 15 is 0 Å². The molecule has 1 aromatic carbocycles. The van der Waals surface area contributed by atoms with Gasteiger partial charge in [-0.3, -0.25) is 4.79 Å². The third kappa shape index (κ3) is 4.19. The van der Waals surface area contributed by atoms with Crippen LogP contribution in [-0.4, -0.2) is 46.5 Å². The van der Waals surface area contributed by atoms with Gasteiger partial charge in [-0.25, -0.2) is 17.8 Å². The lowest BCUT2D eigenvalue weighted by atomic mass is 9.99. The lowest BCUT2D eigenvalue weighted by molar-refractivity contribution is -0.120. The summed E-state index contributed by atoms with van der Waals surface area (Å²) in [7, 11) is -3.61. The summed E-state index contributed by atoms with van der Waals surface area (Å²) in [4.78, 5) is 17.5. The van der Waals surface area contributed by atoms with Crippen LogP contribution in [0.15, 0.2) is 46.0 Å². The average molecular weight is 506 g/mol. The summed E-state index contributed by atoms with van der Waals surface area (Å²) in [6.45, 7) is 2.29. The van der Waals surface area contributed by atoms with Crippen molar-refractivity contribution >= 4 is 54.6 Å². The van der Waals surface area contributed by atoms with Gasteiger partial charge in [0, 0.05) is 19.2 Å². The molecule has 1 amide bonds. The van der Waals surface area contributed by atoms with Crippen molar-refractivity contribution in [3.63, 3.8) is 0 Å². The number of anilines is 1. The molecule has 0 spiro atoms. The molecule has 1 unspecified atom stereocenters. The zero-order valence-electron chi connectivity index (χ0n) is 17.6. The molecule has 5 rings (SSSR count). The Morgan fingerprint density at radius 1 is 1.27 bits per heavy atom. The van der Waals surface area contributed by atoms with Crippen LogP contribution in [0.25, 0.3) is 15.3 Å². The largest absolute Gasteiger partial charge is 0.310 e. The van der Waals surface area contributed by atoms with Gasteiger partial charge >= 0.3 is 0 Å². The number of piperidine rings is 1. The van der Waals surface area contributed by atoms with Crippen LogP contribution in [-0.2, 0) is 14.8 Å². The molecule has 0 aliphatic carbocycles. The van der Waals surface area contributed by atoms with Crippen molar-refractivity contribution in [2.45, 2.75) is 24.0 Å². The molecule has 1 N–H and O–H groups in total. The van der Waals surface area contributed by atoms with Crippen LogP contribution in [0, 0.1) is 18.7 Å². The number of fused-ring (bicyclic) bond motifs is 1. The maximum absolute atomic E-state index is 14.1. The number of carbonyl (C=O) groups is 1. The number of benzene rings is 1. The summed E-state index contributed by atoms with van der Waals surface area (Å²) < 4.78 is 43.7. The summed E-state index contributed by atoms with van der Waals surface area (Å²) >= 11 is 2.44. The Morgan fingerprint density at radius 2 is 2.12 bits per heavy atom. The maximum atomic E-state index is 14.1. The summed E-state index contributed by atoms with van der Waals surface area (Å²) in [6, 6.07) is 9.73. The first kappa shape index (κ1) is 22.1. The lowest BCUT2D eigenvalue weighted by Gasteiger charge is -2.30. The Balaban J connectivity index is 1.37. The Kier molecular flexibility index (Phi) is 5.77. The van der Waals surface area contributed by atoms with Crippen LogP contribution in [0.5, 0.6) is 0 Å². The maximum Gasteiger partial charge on any atom is 0.252 e. The number of nitrogens with zero attached hydrogens (tertiary/aromatic N) is 4. The standard InChI is InChI=1S/C21H20FN5O3S3/c1-13-11-17(27(25-13)21-24-19-15(22)6-2-7-16(19)32-21)23-20(28)14-5-3-9-26(12-14)33(29,30)18-8-4-10-31-18/h2,4,6-8,10-11,14H,3,5,9,12H2,1H3,(H,23,28). The molecule has 1 saturated heterocycles. The van der Waals surface area contributed by atoms with Crippen molar-refractivity contribution in [1.82, 2.24) is 19.1 Å². The monoisotopic (exact) mass is 505 g/mol. The molecule has 0 saturated carbocycles. The number of thiophene rings is 1. The fourth-order valence-corrected chi connectivity index (χ4v) is 7.48. The number of carbonyl (C=O) groups excluding carboxylic acids is 1. The number of thiazole rings is 1. The van der Waals surface area contributed by atoms with Crippen molar-refractivity contribution in [3.05, 3.63) is 53.3 Å². The highest BCUT2D eigenvalue weighted by Crippen LogP contribution is 2.30. The fraction of sp³-hybridized carbons (Fsp3) is 0.286. The number of hydrogen-bond donors (Lipinski definition) is 1. The third-order valence-corrected chi connectivity index (χ3v) is 9.70. The van der Waals surface area contributed by atoms with Crippen molar-refractivity contribution in [2.24, 2.45) is 5.92 Å². The van der Waals surface area contributed by atoms with Crippen molar-refractivity contribution < 1.29 is 17.6 Å². The average Bonchev–Trinajstić information content (AvgIpc) is 3.54. The van der Waals surface area contributed by atoms with Gasteiger partial charge in [-0.1, -0.05) is 23.5 Å². The van der Waals surface area contributed by atoms with Gasteiger partial charge < -0.3 is 5.32 Å². The van der Waals surface area contributed by atoms with Gasteiger partial charge in [0.1, 0.15) is 21.4 Å². The van der Waals surface area contributed by atoms with E-state index in [1.54, 1.807) is 42.6 Å². The number of aryl methyl sites for hydroxylation is 1. The molecule has 8 nitrogen and oxygen atoms in total. The molecule has 0 radical (unpaired) electrons. The first-order valence-electron chi connectivity index (χ1n) is 10.3. The number of rotatable bonds is 5. The Bertz CT molecular complexity index is 1430. The third-order valence-electron chi connectivity index (χ3n) is 5.47. The van der Waals surface area contributed by atoms with E-state index in [1.165, 1.54) is 37.7 Å². The summed E-state index contributed by atoms with van der Waals surface area (Å²) in [6.07, 6.45) is 1.18. The topological polar surface area (TPSA) is 97.2 Å². The van der Waals surface area contributed by atoms with Gasteiger partial charge in [0.25, 0.3) is 10.0 Å². The van der Waals surface area contributed by atoms with Gasteiger partial charge in [-0.2, -0.15) is 14.1 Å². The molecule has 1 aliphatic rings. The van der Waals surface area contributed by atoms with Crippen LogP contribution >= 0.6 is 22.7 Å². The van der Waals surface area contributed by atoms with Crippen molar-refractivity contribution in [1.29, 1.82) is 0 Å². The minimum absolute atomic E-state index is 0.117. The number of para-hydroxylation sites is 1. The van der Waals surface area contributed by atoms with Crippen LogP contribution in [0.4, 0.5) is 10.2 Å². The molecule has 172 valence electrons. The zero-order valence-corrected chi connectivity index (χ0v) is 20.0. The number of aromatic nitrogens is 3. The van der Waals surface area contributed by atoms with E-state index in [0.717, 1.165) is 0 Å². The second kappa shape index (κ2) is 8.60. The quantitative estimate of drug-likeness (QED) is 0.442. The van der Waals surface area contributed by atoms with Gasteiger partial charge in [0.05, 0.1) is 16.3 Å². The highest BCUT2D eigenvalue weighted by atomic mass is 32.2. The highest BCUT2D eigenvalue weighted by Gasteiger charge is 2.34. The number of amides is 1. The van der Waals surface area contributed by atoms with E-state index < -0.39 is 21.8 Å². The van der Waals surface area contributed by atoms with E-state index in [4.69, 9.17) is 0 Å². The van der Waals surface area contributed by atoms with Gasteiger partial charge in [-0.15, -0.1) is 11.3 Å². The predicted octanol–water partition coefficient (Wildman–Crippen LogP) is 4.03. The molecular weight excluding hydrogens is 485 g/mol. The first-order chi connectivity index (χ1) is 15.8. The van der Waals surface area contributed by atoms with E-state index in [9.17, 15) is 17.6 Å². The molecule has 4 aromatic rings. The summed E-state index contributed by atoms with van der Waals surface area (Å²) in [5.41, 5.74) is 0.917. The number of nitrogens with one attached hydrogen (secondary N) is 1. The normalized spacial score (nSPS) is 17.5. The molecule has 33 heavy (non-hydrogen) atoms. The van der Waals surface area contributed by atoms with Crippen LogP contribution in [0.1, 0.15) is 18.5 Å². The summed E-state index contributed by atoms with van der Waals surface area (Å²) in [5.74, 6) is -0.784. The Morgan fingerprint density at radius 3 is 2.88 bits per heavy atom. The van der Waals surface area contributed by atoms with Crippen molar-refractivity contribution in [2.75, 3.05) is 18.4 Å². The molecule has 12 heteroatoms. The highest BCUT2D eigenvalue weighted by molar-refractivity contribution is 7.91. The first-order valence-corrected chi connectivity index (χ1v) is 13.4. The van der Waals surface area contributed by atoms with E-state index in [1.807, 2.05) is 0 Å². The predicted molar refractivity (Wildman–Crippen MR) is 126 cm³/mol. The zero-order chi connectivity index (χ0) is 23.2. The Hall–Kier alpha value is -2.67. The van der Waals surface area contributed by atoms with Gasteiger partial charge in [-0.05, 0) is 43.3 Å². The number of hydrogen-bond acceptors (Lipinski definition) is 7. The molecule has 1 fully saturated rings. The SMILES string of the molecule is Cc1cc(NC(=O)C2CCCN(S(=O)(=O)c3cccs3)C2)n(-c2nc3c(F)cccc3s2)n1. The second-order valence-electron chi connectivity index (χ2n) is 7.79. The molecule has 1 aliphatic heterocycles. The van der Waals surface area contributed by atoms with Gasteiger partial charge in [0.15, 0.2) is 0 Å². The summed E-state index contributed by atoms with van der Waals surface area (Å²) in [5, 5.41) is 9.45. The van der Waals surface area contributed by atoms with Gasteiger partial charge in [0.2, 0.25) is 11.0 Å². The van der Waals surface area contributed by atoms with Crippen LogP contribution in [0.3, 0.4) is 0 Å². The minimum atomic E-state index is -3.61.